The van der Waals surface area contributed by atoms with Crippen molar-refractivity contribution in [3.8, 4) is 0 Å². The molecule has 0 aliphatic rings. The highest BCUT2D eigenvalue weighted by molar-refractivity contribution is 4.56. The van der Waals surface area contributed by atoms with E-state index in [1.807, 2.05) is 0 Å². The summed E-state index contributed by atoms with van der Waals surface area (Å²) in [6.07, 6.45) is 10.9. The van der Waals surface area contributed by atoms with Gasteiger partial charge in [0.25, 0.3) is 0 Å². The summed E-state index contributed by atoms with van der Waals surface area (Å²) < 4.78 is 5.83. The lowest BCUT2D eigenvalue weighted by atomic mass is 10.1. The van der Waals surface area contributed by atoms with E-state index in [1.54, 1.807) is 0 Å². The van der Waals surface area contributed by atoms with Crippen LogP contribution in [0.25, 0.3) is 0 Å². The summed E-state index contributed by atoms with van der Waals surface area (Å²) in [5, 5.41) is 3.44. The zero-order chi connectivity index (χ0) is 13.6. The molecule has 0 amide bonds. The minimum atomic E-state index is 0.426. The third kappa shape index (κ3) is 14.0. The summed E-state index contributed by atoms with van der Waals surface area (Å²) in [4.78, 5) is 0. The average Bonchev–Trinajstić information content (AvgIpc) is 2.33. The summed E-state index contributed by atoms with van der Waals surface area (Å²) >= 11 is 0. The standard InChI is InChI=1S/C16H35NO/c1-5-6-7-8-9-10-14-18-16(4)12-11-13-17-15(2)3/h15-17H,5-14H2,1-4H3. The van der Waals surface area contributed by atoms with Crippen molar-refractivity contribution in [3.05, 3.63) is 0 Å². The van der Waals surface area contributed by atoms with Crippen LogP contribution in [-0.4, -0.2) is 25.3 Å². The normalized spacial score (nSPS) is 13.2. The molecule has 2 heteroatoms. The van der Waals surface area contributed by atoms with E-state index in [1.165, 1.54) is 51.4 Å². The maximum atomic E-state index is 5.83. The Morgan fingerprint density at radius 3 is 2.22 bits per heavy atom. The van der Waals surface area contributed by atoms with Crippen LogP contribution in [0.4, 0.5) is 0 Å². The van der Waals surface area contributed by atoms with Crippen molar-refractivity contribution in [2.75, 3.05) is 13.2 Å². The van der Waals surface area contributed by atoms with Crippen LogP contribution in [0, 0.1) is 0 Å². The Labute approximate surface area is 115 Å². The lowest BCUT2D eigenvalue weighted by Crippen LogP contribution is -2.24. The summed E-state index contributed by atoms with van der Waals surface area (Å²) in [7, 11) is 0. The Morgan fingerprint density at radius 2 is 1.56 bits per heavy atom. The van der Waals surface area contributed by atoms with Gasteiger partial charge in [-0.25, -0.2) is 0 Å². The highest BCUT2D eigenvalue weighted by Gasteiger charge is 2.02. The highest BCUT2D eigenvalue weighted by Crippen LogP contribution is 2.07. The van der Waals surface area contributed by atoms with Crippen molar-refractivity contribution in [2.45, 2.75) is 91.2 Å². The van der Waals surface area contributed by atoms with Crippen molar-refractivity contribution in [2.24, 2.45) is 0 Å². The van der Waals surface area contributed by atoms with Crippen LogP contribution in [0.2, 0.25) is 0 Å². The molecule has 1 unspecified atom stereocenters. The predicted molar refractivity (Wildman–Crippen MR) is 81.2 cm³/mol. The molecule has 0 spiro atoms. The molecule has 0 radical (unpaired) electrons. The second-order valence-corrected chi connectivity index (χ2v) is 5.70. The van der Waals surface area contributed by atoms with Crippen LogP contribution in [0.1, 0.15) is 79.1 Å². The molecule has 0 bridgehead atoms. The van der Waals surface area contributed by atoms with Gasteiger partial charge in [-0.15, -0.1) is 0 Å². The minimum Gasteiger partial charge on any atom is -0.379 e. The fourth-order valence-corrected chi connectivity index (χ4v) is 2.03. The zero-order valence-corrected chi connectivity index (χ0v) is 13.1. The zero-order valence-electron chi connectivity index (χ0n) is 13.1. The van der Waals surface area contributed by atoms with Gasteiger partial charge in [-0.3, -0.25) is 0 Å². The minimum absolute atomic E-state index is 0.426. The maximum Gasteiger partial charge on any atom is 0.0547 e. The van der Waals surface area contributed by atoms with E-state index >= 15 is 0 Å². The Bertz CT molecular complexity index is 159. The molecule has 1 atom stereocenters. The van der Waals surface area contributed by atoms with Gasteiger partial charge in [0, 0.05) is 12.6 Å². The number of hydrogen-bond acceptors (Lipinski definition) is 2. The summed E-state index contributed by atoms with van der Waals surface area (Å²) in [6.45, 7) is 10.9. The number of nitrogens with one attached hydrogen (secondary N) is 1. The molecule has 2 nitrogen and oxygen atoms in total. The number of hydrogen-bond donors (Lipinski definition) is 1. The van der Waals surface area contributed by atoms with E-state index in [4.69, 9.17) is 4.74 Å². The van der Waals surface area contributed by atoms with Crippen molar-refractivity contribution < 1.29 is 4.74 Å². The fraction of sp³-hybridized carbons (Fsp3) is 1.00. The molecule has 0 rings (SSSR count). The van der Waals surface area contributed by atoms with E-state index in [9.17, 15) is 0 Å². The van der Waals surface area contributed by atoms with E-state index in [0.717, 1.165) is 13.2 Å². The molecule has 1 N–H and O–H groups in total. The molecule has 110 valence electrons. The molecule has 0 aliphatic heterocycles. The molecule has 18 heavy (non-hydrogen) atoms. The van der Waals surface area contributed by atoms with E-state index < -0.39 is 0 Å². The van der Waals surface area contributed by atoms with Crippen molar-refractivity contribution in [1.29, 1.82) is 0 Å². The molecule has 0 aromatic rings. The van der Waals surface area contributed by atoms with Gasteiger partial charge >= 0.3 is 0 Å². The third-order valence-corrected chi connectivity index (χ3v) is 3.24. The molecular formula is C16H35NO. The maximum absolute atomic E-state index is 5.83. The lowest BCUT2D eigenvalue weighted by molar-refractivity contribution is 0.0561. The predicted octanol–water partition coefficient (Wildman–Crippen LogP) is 4.53. The van der Waals surface area contributed by atoms with Crippen molar-refractivity contribution >= 4 is 0 Å². The quantitative estimate of drug-likeness (QED) is 0.489. The summed E-state index contributed by atoms with van der Waals surface area (Å²) in [5.41, 5.74) is 0. The first-order valence-electron chi connectivity index (χ1n) is 8.01. The highest BCUT2D eigenvalue weighted by atomic mass is 16.5. The smallest absolute Gasteiger partial charge is 0.0547 e. The van der Waals surface area contributed by atoms with Crippen LogP contribution in [0.3, 0.4) is 0 Å². The van der Waals surface area contributed by atoms with Crippen molar-refractivity contribution in [3.63, 3.8) is 0 Å². The van der Waals surface area contributed by atoms with E-state index in [0.29, 0.717) is 12.1 Å². The van der Waals surface area contributed by atoms with E-state index in [-0.39, 0.29) is 0 Å². The first-order chi connectivity index (χ1) is 8.66. The number of rotatable bonds is 13. The molecule has 0 saturated heterocycles. The Balaban J connectivity index is 3.14. The fourth-order valence-electron chi connectivity index (χ4n) is 2.03. The Hall–Kier alpha value is -0.0800. The van der Waals surface area contributed by atoms with Gasteiger partial charge in [-0.05, 0) is 32.7 Å². The van der Waals surface area contributed by atoms with Gasteiger partial charge in [0.1, 0.15) is 0 Å². The second kappa shape index (κ2) is 13.4. The van der Waals surface area contributed by atoms with Gasteiger partial charge in [-0.2, -0.15) is 0 Å². The van der Waals surface area contributed by atoms with E-state index in [2.05, 4.69) is 33.0 Å². The van der Waals surface area contributed by atoms with Gasteiger partial charge < -0.3 is 10.1 Å². The second-order valence-electron chi connectivity index (χ2n) is 5.70. The first-order valence-corrected chi connectivity index (χ1v) is 8.01. The monoisotopic (exact) mass is 257 g/mol. The van der Waals surface area contributed by atoms with Crippen LogP contribution >= 0.6 is 0 Å². The van der Waals surface area contributed by atoms with Crippen LogP contribution in [0.5, 0.6) is 0 Å². The van der Waals surface area contributed by atoms with Gasteiger partial charge in [-0.1, -0.05) is 52.9 Å². The van der Waals surface area contributed by atoms with Crippen LogP contribution < -0.4 is 5.32 Å². The largest absolute Gasteiger partial charge is 0.379 e. The molecule has 0 saturated carbocycles. The average molecular weight is 257 g/mol. The Kier molecular flexibility index (Phi) is 13.3. The summed E-state index contributed by atoms with van der Waals surface area (Å²) in [5.74, 6) is 0. The summed E-state index contributed by atoms with van der Waals surface area (Å²) in [6, 6.07) is 0.601. The topological polar surface area (TPSA) is 21.3 Å². The first kappa shape index (κ1) is 17.9. The van der Waals surface area contributed by atoms with Crippen molar-refractivity contribution in [1.82, 2.24) is 5.32 Å². The Morgan fingerprint density at radius 1 is 0.889 bits per heavy atom. The third-order valence-electron chi connectivity index (χ3n) is 3.24. The van der Waals surface area contributed by atoms with Crippen LogP contribution in [-0.2, 0) is 4.74 Å². The van der Waals surface area contributed by atoms with Gasteiger partial charge in [0.15, 0.2) is 0 Å². The molecule has 0 aromatic heterocycles. The van der Waals surface area contributed by atoms with Gasteiger partial charge in [0.2, 0.25) is 0 Å². The SMILES string of the molecule is CCCCCCCCOC(C)CCCNC(C)C. The van der Waals surface area contributed by atoms with Crippen LogP contribution in [0.15, 0.2) is 0 Å². The van der Waals surface area contributed by atoms with Gasteiger partial charge in [0.05, 0.1) is 6.10 Å². The molecular weight excluding hydrogens is 222 g/mol. The molecule has 0 fully saturated rings. The lowest BCUT2D eigenvalue weighted by Gasteiger charge is -2.14. The molecule has 0 aromatic carbocycles. The molecule has 0 aliphatic carbocycles. The number of ether oxygens (including phenoxy) is 1. The number of unbranched alkanes of at least 4 members (excludes halogenated alkanes) is 5. The molecule has 0 heterocycles.